The predicted molar refractivity (Wildman–Crippen MR) is 138 cm³/mol. The number of pyridine rings is 2. The lowest BCUT2D eigenvalue weighted by atomic mass is 9.64. The first-order valence-corrected chi connectivity index (χ1v) is 12.5. The first-order valence-electron chi connectivity index (χ1n) is 12.5. The molecule has 3 N–H and O–H groups in total. The van der Waals surface area contributed by atoms with Crippen molar-refractivity contribution < 1.29 is 14.1 Å². The van der Waals surface area contributed by atoms with Gasteiger partial charge in [-0.2, -0.15) is 4.98 Å². The highest BCUT2D eigenvalue weighted by Crippen LogP contribution is 2.48. The average molecular weight is 514 g/mol. The first kappa shape index (κ1) is 23.9. The summed E-state index contributed by atoms with van der Waals surface area (Å²) in [5, 5.41) is 7.53. The van der Waals surface area contributed by atoms with E-state index in [2.05, 4.69) is 41.4 Å². The predicted octanol–water partition coefficient (Wildman–Crippen LogP) is 1.99. The van der Waals surface area contributed by atoms with Gasteiger partial charge in [-0.3, -0.25) is 9.78 Å². The number of anilines is 2. The molecule has 4 aromatic rings. The van der Waals surface area contributed by atoms with Crippen molar-refractivity contribution >= 4 is 17.7 Å². The molecule has 1 saturated heterocycles. The quantitative estimate of drug-likeness (QED) is 0.362. The molecule has 1 atom stereocenters. The normalized spacial score (nSPS) is 18.6. The molecule has 194 valence electrons. The molecule has 12 nitrogen and oxygen atoms in total. The van der Waals surface area contributed by atoms with Crippen LogP contribution >= 0.6 is 0 Å². The van der Waals surface area contributed by atoms with Gasteiger partial charge in [0.1, 0.15) is 11.9 Å². The molecular weight excluding hydrogens is 486 g/mol. The van der Waals surface area contributed by atoms with E-state index in [1.54, 1.807) is 18.6 Å². The van der Waals surface area contributed by atoms with Gasteiger partial charge in [0.05, 0.1) is 23.8 Å². The zero-order valence-corrected chi connectivity index (χ0v) is 20.9. The van der Waals surface area contributed by atoms with Crippen LogP contribution in [-0.2, 0) is 14.9 Å². The van der Waals surface area contributed by atoms with E-state index >= 15 is 0 Å². The highest BCUT2D eigenvalue weighted by molar-refractivity contribution is 5.77. The summed E-state index contributed by atoms with van der Waals surface area (Å²) in [6.07, 6.45) is 9.82. The Kier molecular flexibility index (Phi) is 6.16. The Morgan fingerprint density at radius 1 is 1.08 bits per heavy atom. The molecule has 12 heteroatoms. The van der Waals surface area contributed by atoms with Crippen LogP contribution in [0.4, 0.5) is 11.8 Å². The number of rotatable bonds is 6. The van der Waals surface area contributed by atoms with Crippen LogP contribution in [-0.4, -0.2) is 68.8 Å². The summed E-state index contributed by atoms with van der Waals surface area (Å²) in [5.41, 5.74) is 8.61. The fourth-order valence-corrected chi connectivity index (χ4v) is 4.98. The Balaban J connectivity index is 1.20. The summed E-state index contributed by atoms with van der Waals surface area (Å²) < 4.78 is 10.5. The zero-order chi connectivity index (χ0) is 26.1. The molecule has 0 bridgehead atoms. The summed E-state index contributed by atoms with van der Waals surface area (Å²) >= 11 is 0. The first-order chi connectivity index (χ1) is 18.6. The van der Waals surface area contributed by atoms with Crippen molar-refractivity contribution in [1.29, 1.82) is 0 Å². The Morgan fingerprint density at radius 2 is 1.89 bits per heavy atom. The lowest BCUT2D eigenvalue weighted by molar-refractivity contribution is -0.143. The average Bonchev–Trinajstić information content (AvgIpc) is 3.43. The van der Waals surface area contributed by atoms with E-state index in [0.29, 0.717) is 24.8 Å². The number of piperazine rings is 1. The number of carbonyl (C=O) groups is 1. The molecule has 2 fully saturated rings. The molecule has 0 radical (unpaired) electrons. The van der Waals surface area contributed by atoms with Crippen LogP contribution in [0.1, 0.15) is 30.7 Å². The van der Waals surface area contributed by atoms with Gasteiger partial charge in [0.25, 0.3) is 5.89 Å². The lowest BCUT2D eigenvalue weighted by Gasteiger charge is -2.39. The second-order valence-electron chi connectivity index (χ2n) is 9.50. The van der Waals surface area contributed by atoms with Crippen LogP contribution in [0, 0.1) is 0 Å². The van der Waals surface area contributed by atoms with Gasteiger partial charge < -0.3 is 25.2 Å². The highest BCUT2D eigenvalue weighted by Gasteiger charge is 2.45. The smallest absolute Gasteiger partial charge is 0.324 e. The van der Waals surface area contributed by atoms with Gasteiger partial charge in [-0.15, -0.1) is 0 Å². The molecule has 4 aromatic heterocycles. The van der Waals surface area contributed by atoms with Gasteiger partial charge >= 0.3 is 5.97 Å². The van der Waals surface area contributed by atoms with Crippen molar-refractivity contribution in [1.82, 2.24) is 35.4 Å². The second kappa shape index (κ2) is 9.78. The van der Waals surface area contributed by atoms with E-state index in [0.717, 1.165) is 54.0 Å². The molecule has 1 saturated carbocycles. The second-order valence-corrected chi connectivity index (χ2v) is 9.50. The monoisotopic (exact) mass is 513 g/mol. The Hall–Kier alpha value is -4.45. The maximum atomic E-state index is 11.9. The topological polar surface area (TPSA) is 158 Å². The number of nitrogens with one attached hydrogen (secondary N) is 1. The SMILES string of the molecule is COC(=O)[C@@H]1CN(c2ccc(-c3nc(C4(c5ccc(-c6cnc(N)nc6)nc5)CCC4)no3)cn2)CCN1. The molecule has 1 aliphatic heterocycles. The zero-order valence-electron chi connectivity index (χ0n) is 20.9. The largest absolute Gasteiger partial charge is 0.468 e. The number of esters is 1. The van der Waals surface area contributed by atoms with Crippen LogP contribution in [0.3, 0.4) is 0 Å². The van der Waals surface area contributed by atoms with E-state index < -0.39 is 0 Å². The van der Waals surface area contributed by atoms with Gasteiger partial charge in [0, 0.05) is 50.0 Å². The number of carbonyl (C=O) groups excluding carboxylic acids is 1. The summed E-state index contributed by atoms with van der Waals surface area (Å²) in [7, 11) is 1.39. The van der Waals surface area contributed by atoms with Crippen LogP contribution in [0.25, 0.3) is 22.7 Å². The molecule has 38 heavy (non-hydrogen) atoms. The minimum absolute atomic E-state index is 0.229. The Morgan fingerprint density at radius 3 is 2.55 bits per heavy atom. The number of nitrogens with two attached hydrogens (primary N) is 1. The number of methoxy groups -OCH3 is 1. The summed E-state index contributed by atoms with van der Waals surface area (Å²) in [6, 6.07) is 7.44. The number of nitrogen functional groups attached to an aromatic ring is 1. The number of hydrogen-bond acceptors (Lipinski definition) is 12. The van der Waals surface area contributed by atoms with Crippen LogP contribution in [0.5, 0.6) is 0 Å². The molecule has 5 heterocycles. The third-order valence-corrected chi connectivity index (χ3v) is 7.32. The Labute approximate surface area is 218 Å². The van der Waals surface area contributed by atoms with E-state index in [1.165, 1.54) is 7.11 Å². The number of aromatic nitrogens is 6. The van der Waals surface area contributed by atoms with Crippen LogP contribution in [0.15, 0.2) is 53.6 Å². The molecule has 0 unspecified atom stereocenters. The fourth-order valence-electron chi connectivity index (χ4n) is 4.98. The summed E-state index contributed by atoms with van der Waals surface area (Å²) in [6.45, 7) is 1.90. The molecule has 0 spiro atoms. The molecule has 2 aliphatic rings. The van der Waals surface area contributed by atoms with E-state index in [1.807, 2.05) is 24.4 Å². The lowest BCUT2D eigenvalue weighted by Crippen LogP contribution is -2.54. The van der Waals surface area contributed by atoms with E-state index in [4.69, 9.17) is 20.0 Å². The molecule has 1 aliphatic carbocycles. The van der Waals surface area contributed by atoms with E-state index in [9.17, 15) is 4.79 Å². The van der Waals surface area contributed by atoms with Crippen molar-refractivity contribution in [2.45, 2.75) is 30.7 Å². The Bertz CT molecular complexity index is 1420. The van der Waals surface area contributed by atoms with Gasteiger partial charge in [-0.25, -0.2) is 15.0 Å². The summed E-state index contributed by atoms with van der Waals surface area (Å²) in [4.78, 5) is 36.1. The molecule has 6 rings (SSSR count). The van der Waals surface area contributed by atoms with Crippen molar-refractivity contribution in [3.05, 3.63) is 60.4 Å². The third kappa shape index (κ3) is 4.32. The van der Waals surface area contributed by atoms with Gasteiger partial charge in [-0.1, -0.05) is 17.6 Å². The molecular formula is C26H27N9O3. The van der Waals surface area contributed by atoms with Gasteiger partial charge in [0.15, 0.2) is 5.82 Å². The van der Waals surface area contributed by atoms with Crippen molar-refractivity contribution in [3.63, 3.8) is 0 Å². The maximum absolute atomic E-state index is 11.9. The maximum Gasteiger partial charge on any atom is 0.324 e. The third-order valence-electron chi connectivity index (χ3n) is 7.32. The van der Waals surface area contributed by atoms with Crippen LogP contribution < -0.4 is 16.0 Å². The molecule has 0 aromatic carbocycles. The number of hydrogen-bond donors (Lipinski definition) is 2. The van der Waals surface area contributed by atoms with Crippen LogP contribution in [0.2, 0.25) is 0 Å². The standard InChI is InChI=1S/C26H27N9O3/c1-37-23(36)20-15-35(10-9-28-20)21-6-3-16(11-30-21)22-33-24(34-38-22)26(7-2-8-26)18-4-5-19(29-14-18)17-12-31-25(27)32-13-17/h3-6,11-14,20,28H,2,7-10,15H2,1H3,(H2,27,31,32)/t20-/m0/s1. The summed E-state index contributed by atoms with van der Waals surface area (Å²) in [5.74, 6) is 1.79. The van der Waals surface area contributed by atoms with Crippen molar-refractivity contribution in [2.24, 2.45) is 0 Å². The van der Waals surface area contributed by atoms with Crippen molar-refractivity contribution in [3.8, 4) is 22.7 Å². The highest BCUT2D eigenvalue weighted by atomic mass is 16.5. The fraction of sp³-hybridized carbons (Fsp3) is 0.346. The van der Waals surface area contributed by atoms with E-state index in [-0.39, 0.29) is 23.4 Å². The molecule has 0 amide bonds. The number of ether oxygens (including phenoxy) is 1. The minimum Gasteiger partial charge on any atom is -0.468 e. The van der Waals surface area contributed by atoms with Crippen molar-refractivity contribution in [2.75, 3.05) is 37.4 Å². The minimum atomic E-state index is -0.379. The number of nitrogens with zero attached hydrogens (tertiary/aromatic N) is 7. The van der Waals surface area contributed by atoms with Gasteiger partial charge in [0.2, 0.25) is 5.95 Å². The van der Waals surface area contributed by atoms with Gasteiger partial charge in [-0.05, 0) is 36.6 Å².